The number of phenols is 1. The van der Waals surface area contributed by atoms with Crippen LogP contribution in [-0.4, -0.2) is 26.6 Å². The fourth-order valence-electron chi connectivity index (χ4n) is 1.19. The average Bonchev–Trinajstić information content (AvgIpc) is 2.80. The van der Waals surface area contributed by atoms with Crippen molar-refractivity contribution < 1.29 is 9.90 Å². The average molecular weight is 234 g/mol. The third-order valence-corrected chi connectivity index (χ3v) is 2.91. The fraction of sp³-hybridized carbons (Fsp3) is 0.0909. The van der Waals surface area contributed by atoms with Crippen LogP contribution in [0.15, 0.2) is 41.8 Å². The summed E-state index contributed by atoms with van der Waals surface area (Å²) in [5.41, 5.74) is 0.594. The number of H-pyrrole nitrogens is 1. The molecule has 0 aliphatic carbocycles. The first kappa shape index (κ1) is 10.8. The monoisotopic (exact) mass is 234 g/mol. The number of phenolic OH excluding ortho intramolecular Hbond substituents is 1. The highest BCUT2D eigenvalue weighted by Crippen LogP contribution is 2.16. The smallest absolute Gasteiger partial charge is 0.173 e. The summed E-state index contributed by atoms with van der Waals surface area (Å²) in [5.74, 6) is 0.509. The lowest BCUT2D eigenvalue weighted by atomic mass is 10.1. The molecule has 0 fully saturated rings. The zero-order valence-electron chi connectivity index (χ0n) is 8.38. The largest absolute Gasteiger partial charge is 0.508 e. The van der Waals surface area contributed by atoms with E-state index in [4.69, 9.17) is 5.11 Å². The molecule has 2 aromatic rings. The summed E-state index contributed by atoms with van der Waals surface area (Å²) in [6.07, 6.45) is 3.36. The third kappa shape index (κ3) is 2.64. The minimum Gasteiger partial charge on any atom is -0.508 e. The van der Waals surface area contributed by atoms with E-state index in [1.165, 1.54) is 23.9 Å². The van der Waals surface area contributed by atoms with Crippen LogP contribution in [0.4, 0.5) is 0 Å². The van der Waals surface area contributed by atoms with Crippen LogP contribution in [0.1, 0.15) is 10.4 Å². The third-order valence-electron chi connectivity index (χ3n) is 2.00. The van der Waals surface area contributed by atoms with E-state index in [2.05, 4.69) is 9.97 Å². The molecule has 0 aliphatic heterocycles. The fourth-order valence-corrected chi connectivity index (χ4v) is 1.92. The second-order valence-corrected chi connectivity index (χ2v) is 4.12. The molecular weight excluding hydrogens is 224 g/mol. The van der Waals surface area contributed by atoms with E-state index in [0.29, 0.717) is 11.3 Å². The number of carbonyl (C=O) groups is 1. The first-order chi connectivity index (χ1) is 7.75. The number of thioether (sulfide) groups is 1. The Morgan fingerprint density at radius 3 is 2.75 bits per heavy atom. The van der Waals surface area contributed by atoms with Gasteiger partial charge in [-0.2, -0.15) is 0 Å². The molecule has 2 rings (SSSR count). The van der Waals surface area contributed by atoms with E-state index in [9.17, 15) is 4.79 Å². The molecule has 82 valence electrons. The molecule has 0 spiro atoms. The summed E-state index contributed by atoms with van der Waals surface area (Å²) < 4.78 is 0. The van der Waals surface area contributed by atoms with Crippen molar-refractivity contribution in [1.82, 2.24) is 9.97 Å². The molecule has 16 heavy (non-hydrogen) atoms. The summed E-state index contributed by atoms with van der Waals surface area (Å²) in [4.78, 5) is 18.6. The van der Waals surface area contributed by atoms with Crippen LogP contribution in [0.5, 0.6) is 5.75 Å². The number of hydrogen-bond donors (Lipinski definition) is 2. The summed E-state index contributed by atoms with van der Waals surface area (Å²) in [6, 6.07) is 6.23. The molecule has 0 atom stereocenters. The van der Waals surface area contributed by atoms with Crippen molar-refractivity contribution in [3.8, 4) is 5.75 Å². The van der Waals surface area contributed by atoms with Gasteiger partial charge in [-0.25, -0.2) is 4.98 Å². The zero-order chi connectivity index (χ0) is 11.4. The summed E-state index contributed by atoms with van der Waals surface area (Å²) in [6.45, 7) is 0. The van der Waals surface area contributed by atoms with E-state index in [-0.39, 0.29) is 11.5 Å². The number of aromatic hydroxyl groups is 1. The highest BCUT2D eigenvalue weighted by molar-refractivity contribution is 7.99. The Morgan fingerprint density at radius 2 is 2.12 bits per heavy atom. The molecule has 1 heterocycles. The van der Waals surface area contributed by atoms with Crippen LogP contribution in [0.3, 0.4) is 0 Å². The molecule has 2 N–H and O–H groups in total. The zero-order valence-corrected chi connectivity index (χ0v) is 9.20. The van der Waals surface area contributed by atoms with Crippen LogP contribution < -0.4 is 0 Å². The summed E-state index contributed by atoms with van der Waals surface area (Å²) >= 11 is 1.36. The Bertz CT molecular complexity index is 465. The van der Waals surface area contributed by atoms with Crippen molar-refractivity contribution in [2.75, 3.05) is 5.75 Å². The number of carbonyl (C=O) groups excluding carboxylic acids is 1. The molecule has 1 aromatic heterocycles. The number of Topliss-reactive ketones (excluding diaryl/α,β-unsaturated/α-hetero) is 1. The van der Waals surface area contributed by atoms with Crippen molar-refractivity contribution >= 4 is 17.5 Å². The predicted molar refractivity (Wildman–Crippen MR) is 61.7 cm³/mol. The molecule has 0 radical (unpaired) electrons. The van der Waals surface area contributed by atoms with E-state index in [0.717, 1.165) is 5.16 Å². The number of nitrogens with zero attached hydrogens (tertiary/aromatic N) is 1. The SMILES string of the molecule is O=C(CSc1ncc[nH]1)c1ccc(O)cc1. The second-order valence-electron chi connectivity index (χ2n) is 3.15. The van der Waals surface area contributed by atoms with Gasteiger partial charge in [0, 0.05) is 18.0 Å². The Morgan fingerprint density at radius 1 is 1.38 bits per heavy atom. The molecule has 0 aliphatic rings. The van der Waals surface area contributed by atoms with Gasteiger partial charge in [-0.1, -0.05) is 11.8 Å². The van der Waals surface area contributed by atoms with Crippen LogP contribution in [-0.2, 0) is 0 Å². The normalized spacial score (nSPS) is 10.2. The molecule has 4 nitrogen and oxygen atoms in total. The second kappa shape index (κ2) is 4.85. The first-order valence-corrected chi connectivity index (χ1v) is 5.68. The van der Waals surface area contributed by atoms with Gasteiger partial charge in [0.05, 0.1) is 5.75 Å². The standard InChI is InChI=1S/C11H10N2O2S/c14-9-3-1-8(2-4-9)10(15)7-16-11-12-5-6-13-11/h1-6,14H,7H2,(H,12,13). The van der Waals surface area contributed by atoms with Crippen molar-refractivity contribution in [2.45, 2.75) is 5.16 Å². The maximum atomic E-state index is 11.7. The number of hydrogen-bond acceptors (Lipinski definition) is 4. The number of ketones is 1. The van der Waals surface area contributed by atoms with Gasteiger partial charge in [0.2, 0.25) is 0 Å². The molecule has 0 saturated heterocycles. The Hall–Kier alpha value is -1.75. The molecular formula is C11H10N2O2S. The summed E-state index contributed by atoms with van der Waals surface area (Å²) in [7, 11) is 0. The van der Waals surface area contributed by atoms with Crippen LogP contribution in [0.25, 0.3) is 0 Å². The first-order valence-electron chi connectivity index (χ1n) is 4.70. The van der Waals surface area contributed by atoms with Gasteiger partial charge >= 0.3 is 0 Å². The molecule has 0 saturated carbocycles. The quantitative estimate of drug-likeness (QED) is 0.628. The number of nitrogens with one attached hydrogen (secondary N) is 1. The van der Waals surface area contributed by atoms with Crippen LogP contribution in [0, 0.1) is 0 Å². The molecule has 0 amide bonds. The van der Waals surface area contributed by atoms with Gasteiger partial charge in [-0.15, -0.1) is 0 Å². The van der Waals surface area contributed by atoms with Crippen molar-refractivity contribution in [1.29, 1.82) is 0 Å². The maximum absolute atomic E-state index is 11.7. The molecule has 1 aromatic carbocycles. The Kier molecular flexibility index (Phi) is 3.26. The van der Waals surface area contributed by atoms with Crippen LogP contribution in [0.2, 0.25) is 0 Å². The molecule has 0 bridgehead atoms. The van der Waals surface area contributed by atoms with Crippen molar-refractivity contribution in [2.24, 2.45) is 0 Å². The predicted octanol–water partition coefficient (Wildman–Crippen LogP) is 2.09. The lowest BCUT2D eigenvalue weighted by Gasteiger charge is -1.99. The highest BCUT2D eigenvalue weighted by atomic mass is 32.2. The van der Waals surface area contributed by atoms with Gasteiger partial charge in [0.15, 0.2) is 10.9 Å². The van der Waals surface area contributed by atoms with E-state index in [1.54, 1.807) is 24.5 Å². The molecule has 5 heteroatoms. The Balaban J connectivity index is 1.95. The number of aromatic nitrogens is 2. The highest BCUT2D eigenvalue weighted by Gasteiger charge is 2.07. The van der Waals surface area contributed by atoms with E-state index < -0.39 is 0 Å². The summed E-state index contributed by atoms with van der Waals surface area (Å²) in [5, 5.41) is 9.82. The lowest BCUT2D eigenvalue weighted by Crippen LogP contribution is -2.01. The van der Waals surface area contributed by atoms with Gasteiger partial charge < -0.3 is 10.1 Å². The number of benzene rings is 1. The van der Waals surface area contributed by atoms with Gasteiger partial charge in [-0.3, -0.25) is 4.79 Å². The topological polar surface area (TPSA) is 66.0 Å². The van der Waals surface area contributed by atoms with Gasteiger partial charge in [-0.05, 0) is 24.3 Å². The number of rotatable bonds is 4. The number of aromatic amines is 1. The maximum Gasteiger partial charge on any atom is 0.173 e. The lowest BCUT2D eigenvalue weighted by molar-refractivity contribution is 0.102. The van der Waals surface area contributed by atoms with Gasteiger partial charge in [0.25, 0.3) is 0 Å². The minimum atomic E-state index is 0.0152. The number of imidazole rings is 1. The van der Waals surface area contributed by atoms with Gasteiger partial charge in [0.1, 0.15) is 5.75 Å². The molecule has 0 unspecified atom stereocenters. The van der Waals surface area contributed by atoms with Crippen LogP contribution >= 0.6 is 11.8 Å². The van der Waals surface area contributed by atoms with E-state index >= 15 is 0 Å². The van der Waals surface area contributed by atoms with E-state index in [1.807, 2.05) is 0 Å². The Labute approximate surface area is 96.7 Å². The van der Waals surface area contributed by atoms with Crippen molar-refractivity contribution in [3.05, 3.63) is 42.2 Å². The minimum absolute atomic E-state index is 0.0152. The van der Waals surface area contributed by atoms with Crippen molar-refractivity contribution in [3.63, 3.8) is 0 Å².